The summed E-state index contributed by atoms with van der Waals surface area (Å²) in [5.41, 5.74) is 1.15. The van der Waals surface area contributed by atoms with Gasteiger partial charge in [0.1, 0.15) is 23.2 Å². The Morgan fingerprint density at radius 3 is 2.52 bits per heavy atom. The number of pyridine rings is 2. The highest BCUT2D eigenvalue weighted by Gasteiger charge is 2.29. The molecule has 3 aromatic rings. The van der Waals surface area contributed by atoms with Crippen LogP contribution >= 0.6 is 0 Å². The van der Waals surface area contributed by atoms with E-state index in [-0.39, 0.29) is 5.75 Å². The van der Waals surface area contributed by atoms with Gasteiger partial charge in [-0.25, -0.2) is 20.0 Å². The first-order valence-electron chi connectivity index (χ1n) is 8.52. The van der Waals surface area contributed by atoms with E-state index in [0.717, 1.165) is 0 Å². The lowest BCUT2D eigenvalue weighted by Crippen LogP contribution is -2.13. The van der Waals surface area contributed by atoms with Crippen molar-refractivity contribution in [2.45, 2.75) is 6.92 Å². The summed E-state index contributed by atoms with van der Waals surface area (Å²) in [6, 6.07) is 14.3. The number of phenols is 1. The SMILES string of the molecule is CCOc1ccc(O)c2c1C(=Nc1ccccn1)N=C2Nc1ccccn1. The van der Waals surface area contributed by atoms with Crippen molar-refractivity contribution in [2.75, 3.05) is 11.9 Å². The minimum Gasteiger partial charge on any atom is -0.507 e. The monoisotopic (exact) mass is 359 g/mol. The fourth-order valence-corrected chi connectivity index (χ4v) is 2.79. The second kappa shape index (κ2) is 7.25. The largest absolute Gasteiger partial charge is 0.507 e. The number of aromatic nitrogens is 2. The van der Waals surface area contributed by atoms with Crippen LogP contribution in [-0.4, -0.2) is 33.4 Å². The number of rotatable bonds is 4. The number of fused-ring (bicyclic) bond motifs is 1. The molecule has 0 spiro atoms. The normalized spacial score (nSPS) is 14.0. The maximum absolute atomic E-state index is 10.5. The van der Waals surface area contributed by atoms with Crippen molar-refractivity contribution < 1.29 is 9.84 Å². The van der Waals surface area contributed by atoms with Crippen LogP contribution in [0.1, 0.15) is 18.1 Å². The molecule has 0 aliphatic carbocycles. The van der Waals surface area contributed by atoms with Crippen molar-refractivity contribution in [3.63, 3.8) is 0 Å². The molecule has 0 bridgehead atoms. The third kappa shape index (κ3) is 3.35. The van der Waals surface area contributed by atoms with Crippen LogP contribution in [0.4, 0.5) is 11.6 Å². The Hall–Kier alpha value is -3.74. The van der Waals surface area contributed by atoms with Gasteiger partial charge < -0.3 is 15.2 Å². The average molecular weight is 359 g/mol. The number of aliphatic imine (C=N–C) groups is 2. The molecule has 134 valence electrons. The molecule has 2 N–H and O–H groups in total. The lowest BCUT2D eigenvalue weighted by molar-refractivity contribution is 0.338. The number of ether oxygens (including phenoxy) is 1. The van der Waals surface area contributed by atoms with Gasteiger partial charge in [0.25, 0.3) is 0 Å². The van der Waals surface area contributed by atoms with Crippen molar-refractivity contribution in [1.82, 2.24) is 9.97 Å². The first-order valence-corrected chi connectivity index (χ1v) is 8.52. The third-order valence-corrected chi connectivity index (χ3v) is 3.90. The molecule has 2 aromatic heterocycles. The second-order valence-electron chi connectivity index (χ2n) is 5.69. The van der Waals surface area contributed by atoms with Crippen LogP contribution in [0.25, 0.3) is 0 Å². The fraction of sp³-hybridized carbons (Fsp3) is 0.100. The van der Waals surface area contributed by atoms with Crippen LogP contribution < -0.4 is 10.1 Å². The Morgan fingerprint density at radius 2 is 1.81 bits per heavy atom. The maximum Gasteiger partial charge on any atom is 0.168 e. The number of amidine groups is 2. The summed E-state index contributed by atoms with van der Waals surface area (Å²) in [6.45, 7) is 2.38. The zero-order chi connectivity index (χ0) is 18.6. The van der Waals surface area contributed by atoms with E-state index in [1.807, 2.05) is 37.3 Å². The Morgan fingerprint density at radius 1 is 1.00 bits per heavy atom. The Labute approximate surface area is 156 Å². The zero-order valence-electron chi connectivity index (χ0n) is 14.6. The highest BCUT2D eigenvalue weighted by atomic mass is 16.5. The van der Waals surface area contributed by atoms with Gasteiger partial charge in [0.05, 0.1) is 17.7 Å². The van der Waals surface area contributed by atoms with E-state index in [4.69, 9.17) is 4.74 Å². The summed E-state index contributed by atoms with van der Waals surface area (Å²) in [5, 5.41) is 13.6. The molecule has 3 heterocycles. The summed E-state index contributed by atoms with van der Waals surface area (Å²) < 4.78 is 5.74. The fourth-order valence-electron chi connectivity index (χ4n) is 2.79. The molecular weight excluding hydrogens is 342 g/mol. The number of benzene rings is 1. The van der Waals surface area contributed by atoms with Gasteiger partial charge in [0.15, 0.2) is 11.7 Å². The maximum atomic E-state index is 10.5. The van der Waals surface area contributed by atoms with Crippen LogP contribution in [0.5, 0.6) is 11.5 Å². The van der Waals surface area contributed by atoms with Gasteiger partial charge in [-0.2, -0.15) is 0 Å². The molecule has 7 nitrogen and oxygen atoms in total. The molecule has 0 amide bonds. The number of nitrogens with one attached hydrogen (secondary N) is 1. The van der Waals surface area contributed by atoms with E-state index in [1.54, 1.807) is 30.6 Å². The molecule has 0 saturated carbocycles. The van der Waals surface area contributed by atoms with Crippen molar-refractivity contribution in [3.8, 4) is 11.5 Å². The minimum atomic E-state index is 0.0851. The summed E-state index contributed by atoms with van der Waals surface area (Å²) in [5.74, 6) is 2.69. The molecule has 1 aliphatic rings. The van der Waals surface area contributed by atoms with Crippen LogP contribution in [0.3, 0.4) is 0 Å². The molecule has 27 heavy (non-hydrogen) atoms. The number of anilines is 1. The zero-order valence-corrected chi connectivity index (χ0v) is 14.6. The van der Waals surface area contributed by atoms with Gasteiger partial charge in [0, 0.05) is 12.4 Å². The number of hydrogen-bond donors (Lipinski definition) is 2. The summed E-state index contributed by atoms with van der Waals surface area (Å²) in [4.78, 5) is 17.6. The van der Waals surface area contributed by atoms with Crippen molar-refractivity contribution >= 4 is 23.3 Å². The van der Waals surface area contributed by atoms with E-state index >= 15 is 0 Å². The molecule has 7 heteroatoms. The van der Waals surface area contributed by atoms with E-state index in [9.17, 15) is 5.11 Å². The Kier molecular flexibility index (Phi) is 4.49. The van der Waals surface area contributed by atoms with Crippen molar-refractivity contribution in [1.29, 1.82) is 0 Å². The van der Waals surface area contributed by atoms with E-state index in [2.05, 4.69) is 25.3 Å². The molecule has 0 unspecified atom stereocenters. The lowest BCUT2D eigenvalue weighted by Gasteiger charge is -2.12. The summed E-state index contributed by atoms with van der Waals surface area (Å²) in [7, 11) is 0. The lowest BCUT2D eigenvalue weighted by atomic mass is 10.1. The molecule has 0 radical (unpaired) electrons. The summed E-state index contributed by atoms with van der Waals surface area (Å²) in [6.07, 6.45) is 3.34. The number of hydrogen-bond acceptors (Lipinski definition) is 6. The molecule has 4 rings (SSSR count). The van der Waals surface area contributed by atoms with E-state index < -0.39 is 0 Å². The van der Waals surface area contributed by atoms with Crippen LogP contribution in [0, 0.1) is 0 Å². The summed E-state index contributed by atoms with van der Waals surface area (Å²) >= 11 is 0. The Bertz CT molecular complexity index is 1020. The van der Waals surface area contributed by atoms with Gasteiger partial charge >= 0.3 is 0 Å². The van der Waals surface area contributed by atoms with Crippen LogP contribution in [-0.2, 0) is 0 Å². The second-order valence-corrected chi connectivity index (χ2v) is 5.69. The minimum absolute atomic E-state index is 0.0851. The quantitative estimate of drug-likeness (QED) is 0.743. The third-order valence-electron chi connectivity index (χ3n) is 3.90. The number of phenolic OH excluding ortho intramolecular Hbond substituents is 1. The standard InChI is InChI=1S/C20H17N5O2/c1-2-27-14-10-9-13(26)17-18(14)20(24-16-8-4-6-12-22-16)25-19(17)23-15-7-3-5-11-21-15/h3-12,26H,2H2,1H3,(H,21,22,23,24,25). The first-order chi connectivity index (χ1) is 13.3. The predicted octanol–water partition coefficient (Wildman–Crippen LogP) is 3.53. The molecule has 1 aliphatic heterocycles. The molecule has 1 aromatic carbocycles. The van der Waals surface area contributed by atoms with E-state index in [0.29, 0.717) is 46.8 Å². The highest BCUT2D eigenvalue weighted by Crippen LogP contribution is 2.36. The molecule has 0 atom stereocenters. The molecule has 0 saturated heterocycles. The van der Waals surface area contributed by atoms with Crippen LogP contribution in [0.15, 0.2) is 70.9 Å². The Balaban J connectivity index is 1.85. The van der Waals surface area contributed by atoms with Gasteiger partial charge in [-0.1, -0.05) is 12.1 Å². The van der Waals surface area contributed by atoms with Gasteiger partial charge in [-0.3, -0.25) is 0 Å². The van der Waals surface area contributed by atoms with Crippen molar-refractivity contribution in [3.05, 3.63) is 72.1 Å². The van der Waals surface area contributed by atoms with Crippen molar-refractivity contribution in [2.24, 2.45) is 9.98 Å². The topological polar surface area (TPSA) is 92.0 Å². The number of aromatic hydroxyl groups is 1. The van der Waals surface area contributed by atoms with Crippen LogP contribution in [0.2, 0.25) is 0 Å². The average Bonchev–Trinajstić information content (AvgIpc) is 3.05. The van der Waals surface area contributed by atoms with E-state index in [1.165, 1.54) is 0 Å². The van der Waals surface area contributed by atoms with Gasteiger partial charge in [-0.15, -0.1) is 0 Å². The number of nitrogens with zero attached hydrogens (tertiary/aromatic N) is 4. The molecular formula is C20H17N5O2. The molecule has 0 fully saturated rings. The predicted molar refractivity (Wildman–Crippen MR) is 104 cm³/mol. The van der Waals surface area contributed by atoms with Gasteiger partial charge in [-0.05, 0) is 43.3 Å². The highest BCUT2D eigenvalue weighted by molar-refractivity contribution is 6.28. The first kappa shape index (κ1) is 16.7. The van der Waals surface area contributed by atoms with Gasteiger partial charge in [0.2, 0.25) is 0 Å². The smallest absolute Gasteiger partial charge is 0.168 e.